The van der Waals surface area contributed by atoms with E-state index < -0.39 is 0 Å². The molecule has 2 fully saturated rings. The van der Waals surface area contributed by atoms with Crippen LogP contribution in [0.5, 0.6) is 0 Å². The quantitative estimate of drug-likeness (QED) is 0.654. The van der Waals surface area contributed by atoms with Gasteiger partial charge in [-0.3, -0.25) is 4.79 Å². The molecule has 2 aliphatic carbocycles. The zero-order chi connectivity index (χ0) is 14.4. The number of ether oxygens (including phenoxy) is 1. The van der Waals surface area contributed by atoms with E-state index in [1.165, 1.54) is 44.9 Å². The summed E-state index contributed by atoms with van der Waals surface area (Å²) in [6, 6.07) is 0. The molecule has 20 heavy (non-hydrogen) atoms. The Bertz CT molecular complexity index is 286. The number of carbonyl (C=O) groups is 1. The van der Waals surface area contributed by atoms with E-state index in [0.717, 1.165) is 37.5 Å². The molecule has 2 nitrogen and oxygen atoms in total. The van der Waals surface area contributed by atoms with Crippen molar-refractivity contribution in [3.8, 4) is 0 Å². The Hall–Kier alpha value is -0.530. The van der Waals surface area contributed by atoms with Crippen LogP contribution in [0.1, 0.15) is 84.5 Å². The SMILES string of the molecule is CCCC(C)OC(=O)C1CCC(C2CCCCC2)CC1. The minimum absolute atomic E-state index is 0.0769. The predicted molar refractivity (Wildman–Crippen MR) is 82.5 cm³/mol. The summed E-state index contributed by atoms with van der Waals surface area (Å²) in [6.45, 7) is 4.16. The van der Waals surface area contributed by atoms with Gasteiger partial charge >= 0.3 is 5.97 Å². The molecule has 0 aromatic heterocycles. The molecule has 2 heteroatoms. The molecule has 0 aromatic carbocycles. The topological polar surface area (TPSA) is 26.3 Å². The van der Waals surface area contributed by atoms with Crippen LogP contribution in [0.25, 0.3) is 0 Å². The van der Waals surface area contributed by atoms with Crippen LogP contribution >= 0.6 is 0 Å². The summed E-state index contributed by atoms with van der Waals surface area (Å²) in [4.78, 5) is 12.1. The lowest BCUT2D eigenvalue weighted by atomic mass is 9.71. The molecule has 116 valence electrons. The normalized spacial score (nSPS) is 29.9. The zero-order valence-electron chi connectivity index (χ0n) is 13.4. The van der Waals surface area contributed by atoms with Gasteiger partial charge in [0.15, 0.2) is 0 Å². The second-order valence-corrected chi connectivity index (χ2v) is 7.05. The lowest BCUT2D eigenvalue weighted by molar-refractivity contribution is -0.155. The minimum Gasteiger partial charge on any atom is -0.462 e. The third-order valence-corrected chi connectivity index (χ3v) is 5.43. The molecule has 1 unspecified atom stereocenters. The van der Waals surface area contributed by atoms with Crippen LogP contribution in [-0.4, -0.2) is 12.1 Å². The summed E-state index contributed by atoms with van der Waals surface area (Å²) in [5, 5.41) is 0. The average molecular weight is 280 g/mol. The van der Waals surface area contributed by atoms with Crippen LogP contribution in [0.4, 0.5) is 0 Å². The van der Waals surface area contributed by atoms with Crippen LogP contribution in [0, 0.1) is 17.8 Å². The molecule has 0 aromatic rings. The van der Waals surface area contributed by atoms with E-state index in [-0.39, 0.29) is 18.0 Å². The molecule has 0 amide bonds. The van der Waals surface area contributed by atoms with Crippen molar-refractivity contribution in [2.45, 2.75) is 90.6 Å². The van der Waals surface area contributed by atoms with E-state index in [2.05, 4.69) is 6.92 Å². The van der Waals surface area contributed by atoms with Crippen molar-refractivity contribution in [3.05, 3.63) is 0 Å². The Labute approximate surface area is 124 Å². The maximum atomic E-state index is 12.1. The monoisotopic (exact) mass is 280 g/mol. The fraction of sp³-hybridized carbons (Fsp3) is 0.944. The average Bonchev–Trinajstić information content (AvgIpc) is 2.48. The van der Waals surface area contributed by atoms with Gasteiger partial charge in [0, 0.05) is 0 Å². The van der Waals surface area contributed by atoms with Crippen molar-refractivity contribution in [1.29, 1.82) is 0 Å². The van der Waals surface area contributed by atoms with Gasteiger partial charge in [0.05, 0.1) is 12.0 Å². The van der Waals surface area contributed by atoms with Crippen molar-refractivity contribution in [3.63, 3.8) is 0 Å². The van der Waals surface area contributed by atoms with Gasteiger partial charge in [-0.2, -0.15) is 0 Å². The molecular weight excluding hydrogens is 248 g/mol. The van der Waals surface area contributed by atoms with Gasteiger partial charge in [-0.1, -0.05) is 45.4 Å². The molecular formula is C18H32O2. The fourth-order valence-electron chi connectivity index (χ4n) is 4.19. The predicted octanol–water partition coefficient (Wildman–Crippen LogP) is 5.10. The molecule has 0 heterocycles. The first-order valence-corrected chi connectivity index (χ1v) is 8.91. The maximum absolute atomic E-state index is 12.1. The molecule has 0 radical (unpaired) electrons. The van der Waals surface area contributed by atoms with Gasteiger partial charge in [0.25, 0.3) is 0 Å². The highest BCUT2D eigenvalue weighted by Gasteiger charge is 2.32. The first kappa shape index (κ1) is 15.9. The van der Waals surface area contributed by atoms with Crippen LogP contribution in [0.3, 0.4) is 0 Å². The highest BCUT2D eigenvalue weighted by Crippen LogP contribution is 2.40. The van der Waals surface area contributed by atoms with Gasteiger partial charge in [-0.25, -0.2) is 0 Å². The highest BCUT2D eigenvalue weighted by molar-refractivity contribution is 5.72. The summed E-state index contributed by atoms with van der Waals surface area (Å²) < 4.78 is 5.57. The van der Waals surface area contributed by atoms with Gasteiger partial charge in [-0.15, -0.1) is 0 Å². The lowest BCUT2D eigenvalue weighted by Crippen LogP contribution is -2.29. The Morgan fingerprint density at radius 1 is 1.00 bits per heavy atom. The smallest absolute Gasteiger partial charge is 0.309 e. The second-order valence-electron chi connectivity index (χ2n) is 7.05. The highest BCUT2D eigenvalue weighted by atomic mass is 16.5. The van der Waals surface area contributed by atoms with Crippen LogP contribution in [0.15, 0.2) is 0 Å². The Balaban J connectivity index is 1.71. The second kappa shape index (κ2) is 8.05. The summed E-state index contributed by atoms with van der Waals surface area (Å²) in [7, 11) is 0. The third kappa shape index (κ3) is 4.49. The number of esters is 1. The molecule has 1 atom stereocenters. The molecule has 2 saturated carbocycles. The van der Waals surface area contributed by atoms with Crippen LogP contribution < -0.4 is 0 Å². The summed E-state index contributed by atoms with van der Waals surface area (Å²) in [5.74, 6) is 2.12. The molecule has 0 bridgehead atoms. The molecule has 0 aliphatic heterocycles. The number of hydrogen-bond acceptors (Lipinski definition) is 2. The maximum Gasteiger partial charge on any atom is 0.309 e. The van der Waals surface area contributed by atoms with Crippen molar-refractivity contribution in [1.82, 2.24) is 0 Å². The summed E-state index contributed by atoms with van der Waals surface area (Å²) >= 11 is 0. The van der Waals surface area contributed by atoms with E-state index in [4.69, 9.17) is 4.74 Å². The van der Waals surface area contributed by atoms with Gasteiger partial charge in [-0.05, 0) is 50.9 Å². The number of carbonyl (C=O) groups excluding carboxylic acids is 1. The van der Waals surface area contributed by atoms with Crippen LogP contribution in [-0.2, 0) is 9.53 Å². The van der Waals surface area contributed by atoms with Gasteiger partial charge in [0.2, 0.25) is 0 Å². The lowest BCUT2D eigenvalue weighted by Gasteiger charge is -2.35. The van der Waals surface area contributed by atoms with E-state index in [9.17, 15) is 4.79 Å². The van der Waals surface area contributed by atoms with E-state index >= 15 is 0 Å². The van der Waals surface area contributed by atoms with Gasteiger partial charge < -0.3 is 4.74 Å². The van der Waals surface area contributed by atoms with E-state index in [1.54, 1.807) is 0 Å². The molecule has 0 saturated heterocycles. The standard InChI is InChI=1S/C18H32O2/c1-3-7-14(2)20-18(19)17-12-10-16(11-13-17)15-8-5-4-6-9-15/h14-17H,3-13H2,1-2H3. The number of hydrogen-bond donors (Lipinski definition) is 0. The largest absolute Gasteiger partial charge is 0.462 e. The fourth-order valence-corrected chi connectivity index (χ4v) is 4.19. The zero-order valence-corrected chi connectivity index (χ0v) is 13.4. The first-order valence-electron chi connectivity index (χ1n) is 8.91. The molecule has 0 spiro atoms. The van der Waals surface area contributed by atoms with E-state index in [1.807, 2.05) is 6.92 Å². The Kier molecular flexibility index (Phi) is 6.38. The first-order chi connectivity index (χ1) is 9.70. The van der Waals surface area contributed by atoms with E-state index in [0.29, 0.717) is 0 Å². The van der Waals surface area contributed by atoms with Crippen molar-refractivity contribution < 1.29 is 9.53 Å². The van der Waals surface area contributed by atoms with Crippen molar-refractivity contribution in [2.75, 3.05) is 0 Å². The molecule has 2 rings (SSSR count). The summed E-state index contributed by atoms with van der Waals surface area (Å²) in [6.07, 6.45) is 14.0. The Morgan fingerprint density at radius 3 is 2.20 bits per heavy atom. The van der Waals surface area contributed by atoms with Crippen molar-refractivity contribution in [2.24, 2.45) is 17.8 Å². The van der Waals surface area contributed by atoms with Crippen molar-refractivity contribution >= 4 is 5.97 Å². The Morgan fingerprint density at radius 2 is 1.60 bits per heavy atom. The minimum atomic E-state index is 0.0769. The van der Waals surface area contributed by atoms with Crippen LogP contribution in [0.2, 0.25) is 0 Å². The number of rotatable bonds is 5. The van der Waals surface area contributed by atoms with Gasteiger partial charge in [0.1, 0.15) is 0 Å². The summed E-state index contributed by atoms with van der Waals surface area (Å²) in [5.41, 5.74) is 0. The molecule has 2 aliphatic rings. The molecule has 0 N–H and O–H groups in total. The third-order valence-electron chi connectivity index (χ3n) is 5.43.